The monoisotopic (exact) mass is 279 g/mol. The summed E-state index contributed by atoms with van der Waals surface area (Å²) < 4.78 is 0. The molecule has 2 N–H and O–H groups in total. The Morgan fingerprint density at radius 1 is 1.30 bits per heavy atom. The molecule has 0 bridgehead atoms. The number of nitrogens with zero attached hydrogens (tertiary/aromatic N) is 2. The lowest BCUT2D eigenvalue weighted by atomic mass is 9.86. The Kier molecular flexibility index (Phi) is 5.83. The van der Waals surface area contributed by atoms with Gasteiger partial charge >= 0.3 is 0 Å². The smallest absolute Gasteiger partial charge is 0.0866 e. The normalized spacial score (nSPS) is 29.4. The quantitative estimate of drug-likeness (QED) is 0.695. The van der Waals surface area contributed by atoms with Crippen molar-refractivity contribution in [3.63, 3.8) is 0 Å². The Hall–Kier alpha value is -0.630. The lowest BCUT2D eigenvalue weighted by Crippen LogP contribution is -2.50. The van der Waals surface area contributed by atoms with Gasteiger partial charge in [0.2, 0.25) is 0 Å². The fourth-order valence-electron chi connectivity index (χ4n) is 3.12. The van der Waals surface area contributed by atoms with Crippen molar-refractivity contribution in [2.24, 2.45) is 17.8 Å². The van der Waals surface area contributed by atoms with E-state index in [0.717, 1.165) is 38.4 Å². The molecule has 1 aliphatic carbocycles. The summed E-state index contributed by atoms with van der Waals surface area (Å²) in [6.07, 6.45) is 4.53. The summed E-state index contributed by atoms with van der Waals surface area (Å²) in [5.41, 5.74) is 0. The average Bonchev–Trinajstić information content (AvgIpc) is 3.20. The van der Waals surface area contributed by atoms with Crippen LogP contribution < -0.4 is 5.32 Å². The van der Waals surface area contributed by atoms with E-state index in [1.54, 1.807) is 0 Å². The van der Waals surface area contributed by atoms with Gasteiger partial charge in [-0.15, -0.1) is 0 Å². The summed E-state index contributed by atoms with van der Waals surface area (Å²) in [5, 5.41) is 22.7. The fourth-order valence-corrected chi connectivity index (χ4v) is 3.12. The van der Waals surface area contributed by atoms with Gasteiger partial charge in [-0.2, -0.15) is 5.26 Å². The molecule has 20 heavy (non-hydrogen) atoms. The summed E-state index contributed by atoms with van der Waals surface area (Å²) in [4.78, 5) is 2.24. The highest BCUT2D eigenvalue weighted by Gasteiger charge is 2.30. The molecule has 2 rings (SSSR count). The number of hydrogen-bond donors (Lipinski definition) is 2. The average molecular weight is 279 g/mol. The third-order valence-corrected chi connectivity index (χ3v) is 4.64. The highest BCUT2D eigenvalue weighted by molar-refractivity contribution is 4.90. The number of piperidine rings is 1. The molecule has 3 unspecified atom stereocenters. The van der Waals surface area contributed by atoms with Crippen molar-refractivity contribution >= 4 is 0 Å². The molecular formula is C16H29N3O. The Balaban J connectivity index is 1.84. The molecule has 2 aliphatic rings. The second-order valence-electron chi connectivity index (χ2n) is 7.05. The van der Waals surface area contributed by atoms with Gasteiger partial charge in [0.05, 0.1) is 18.7 Å². The number of aliphatic hydroxyl groups excluding tert-OH is 1. The third-order valence-electron chi connectivity index (χ3n) is 4.64. The maximum atomic E-state index is 10.1. The highest BCUT2D eigenvalue weighted by atomic mass is 16.3. The van der Waals surface area contributed by atoms with Gasteiger partial charge in [-0.25, -0.2) is 0 Å². The van der Waals surface area contributed by atoms with Crippen LogP contribution in [0.25, 0.3) is 0 Å². The first-order valence-corrected chi connectivity index (χ1v) is 8.09. The van der Waals surface area contributed by atoms with Gasteiger partial charge in [-0.3, -0.25) is 4.90 Å². The topological polar surface area (TPSA) is 59.3 Å². The van der Waals surface area contributed by atoms with E-state index < -0.39 is 0 Å². The standard InChI is InChI=1S/C16H29N3O/c1-12(2)16(20)8-14-7-15(18-9-13-3-4-13)11-19(10-14)6-5-17/h12-16,18,20H,3-4,6-11H2,1-2H3. The highest BCUT2D eigenvalue weighted by Crippen LogP contribution is 2.29. The molecule has 0 radical (unpaired) electrons. The third kappa shape index (κ3) is 5.05. The summed E-state index contributed by atoms with van der Waals surface area (Å²) in [7, 11) is 0. The fraction of sp³-hybridized carbons (Fsp3) is 0.938. The lowest BCUT2D eigenvalue weighted by Gasteiger charge is -2.38. The van der Waals surface area contributed by atoms with Crippen molar-refractivity contribution in [1.29, 1.82) is 5.26 Å². The van der Waals surface area contributed by atoms with E-state index in [1.807, 2.05) is 0 Å². The maximum Gasteiger partial charge on any atom is 0.0866 e. The van der Waals surface area contributed by atoms with Crippen LogP contribution in [0, 0.1) is 29.1 Å². The molecule has 0 amide bonds. The molecule has 0 aromatic heterocycles. The van der Waals surface area contributed by atoms with Gasteiger partial charge in [0.1, 0.15) is 0 Å². The number of nitriles is 1. The molecule has 114 valence electrons. The van der Waals surface area contributed by atoms with Crippen LogP contribution in [0.1, 0.15) is 39.5 Å². The van der Waals surface area contributed by atoms with Crippen molar-refractivity contribution < 1.29 is 5.11 Å². The van der Waals surface area contributed by atoms with Crippen LogP contribution >= 0.6 is 0 Å². The Morgan fingerprint density at radius 3 is 2.65 bits per heavy atom. The van der Waals surface area contributed by atoms with Crippen LogP contribution in [0.2, 0.25) is 0 Å². The molecule has 1 aliphatic heterocycles. The van der Waals surface area contributed by atoms with Crippen molar-refractivity contribution in [3.05, 3.63) is 0 Å². The van der Waals surface area contributed by atoms with E-state index >= 15 is 0 Å². The molecule has 0 aromatic rings. The van der Waals surface area contributed by atoms with Gasteiger partial charge in [-0.05, 0) is 50.0 Å². The van der Waals surface area contributed by atoms with Gasteiger partial charge < -0.3 is 10.4 Å². The van der Waals surface area contributed by atoms with Gasteiger partial charge in [-0.1, -0.05) is 13.8 Å². The van der Waals surface area contributed by atoms with Crippen LogP contribution in [0.4, 0.5) is 0 Å². The SMILES string of the molecule is CC(C)C(O)CC1CC(NCC2CC2)CN(CC#N)C1. The predicted octanol–water partition coefficient (Wildman–Crippen LogP) is 1.61. The van der Waals surface area contributed by atoms with Gasteiger partial charge in [0.25, 0.3) is 0 Å². The zero-order valence-electron chi connectivity index (χ0n) is 12.9. The van der Waals surface area contributed by atoms with Crippen molar-refractivity contribution in [2.45, 2.75) is 51.7 Å². The Morgan fingerprint density at radius 2 is 2.05 bits per heavy atom. The van der Waals surface area contributed by atoms with E-state index in [1.165, 1.54) is 12.8 Å². The molecule has 4 nitrogen and oxygen atoms in total. The minimum Gasteiger partial charge on any atom is -0.393 e. The van der Waals surface area contributed by atoms with E-state index in [2.05, 4.69) is 30.1 Å². The van der Waals surface area contributed by atoms with Crippen molar-refractivity contribution in [2.75, 3.05) is 26.2 Å². The first-order chi connectivity index (χ1) is 9.58. The predicted molar refractivity (Wildman–Crippen MR) is 80.1 cm³/mol. The van der Waals surface area contributed by atoms with E-state index in [4.69, 9.17) is 5.26 Å². The van der Waals surface area contributed by atoms with Crippen LogP contribution in [0.15, 0.2) is 0 Å². The van der Waals surface area contributed by atoms with Gasteiger partial charge in [0, 0.05) is 19.1 Å². The molecule has 0 aromatic carbocycles. The molecule has 2 fully saturated rings. The Bertz CT molecular complexity index is 335. The maximum absolute atomic E-state index is 10.1. The zero-order chi connectivity index (χ0) is 14.5. The number of hydrogen-bond acceptors (Lipinski definition) is 4. The summed E-state index contributed by atoms with van der Waals surface area (Å²) in [6, 6.07) is 2.76. The van der Waals surface area contributed by atoms with E-state index in [9.17, 15) is 5.11 Å². The summed E-state index contributed by atoms with van der Waals surface area (Å²) in [6.45, 7) is 7.72. The first kappa shape index (κ1) is 15.8. The number of aliphatic hydroxyl groups is 1. The number of likely N-dealkylation sites (tertiary alicyclic amines) is 1. The van der Waals surface area contributed by atoms with Crippen LogP contribution in [-0.4, -0.2) is 48.3 Å². The number of nitrogens with one attached hydrogen (secondary N) is 1. The largest absolute Gasteiger partial charge is 0.393 e. The van der Waals surface area contributed by atoms with E-state index in [0.29, 0.717) is 24.4 Å². The lowest BCUT2D eigenvalue weighted by molar-refractivity contribution is 0.0652. The second-order valence-corrected chi connectivity index (χ2v) is 7.05. The Labute approximate surface area is 123 Å². The van der Waals surface area contributed by atoms with Crippen molar-refractivity contribution in [1.82, 2.24) is 10.2 Å². The zero-order valence-corrected chi connectivity index (χ0v) is 12.9. The molecule has 1 heterocycles. The molecule has 3 atom stereocenters. The van der Waals surface area contributed by atoms with Crippen LogP contribution in [0.3, 0.4) is 0 Å². The molecule has 1 saturated carbocycles. The van der Waals surface area contributed by atoms with Crippen LogP contribution in [-0.2, 0) is 0 Å². The van der Waals surface area contributed by atoms with Gasteiger partial charge in [0.15, 0.2) is 0 Å². The molecule has 4 heteroatoms. The second kappa shape index (κ2) is 7.40. The molecule has 1 saturated heterocycles. The molecule has 0 spiro atoms. The minimum atomic E-state index is -0.217. The molecular weight excluding hydrogens is 250 g/mol. The number of rotatable bonds is 7. The van der Waals surface area contributed by atoms with Crippen molar-refractivity contribution in [3.8, 4) is 6.07 Å². The van der Waals surface area contributed by atoms with Crippen LogP contribution in [0.5, 0.6) is 0 Å². The minimum absolute atomic E-state index is 0.217. The van der Waals surface area contributed by atoms with E-state index in [-0.39, 0.29) is 6.10 Å². The summed E-state index contributed by atoms with van der Waals surface area (Å²) in [5.74, 6) is 1.71. The first-order valence-electron chi connectivity index (χ1n) is 8.09. The summed E-state index contributed by atoms with van der Waals surface area (Å²) >= 11 is 0.